The Kier molecular flexibility index (Phi) is 5.17. The van der Waals surface area contributed by atoms with Crippen LogP contribution in [0.4, 0.5) is 15.9 Å². The van der Waals surface area contributed by atoms with E-state index in [0.29, 0.717) is 34.7 Å². The molecular formula is C23H21FN8O. The summed E-state index contributed by atoms with van der Waals surface area (Å²) in [6, 6.07) is 13.4. The number of benzene rings is 2. The predicted octanol–water partition coefficient (Wildman–Crippen LogP) is 3.66. The Morgan fingerprint density at radius 2 is 1.94 bits per heavy atom. The van der Waals surface area contributed by atoms with Crippen LogP contribution in [0.15, 0.2) is 66.0 Å². The molecule has 0 amide bonds. The Balaban J connectivity index is 1.71. The number of rotatable bonds is 6. The van der Waals surface area contributed by atoms with Gasteiger partial charge in [0.25, 0.3) is 5.56 Å². The Hall–Kier alpha value is -4.34. The molecule has 0 aliphatic rings. The summed E-state index contributed by atoms with van der Waals surface area (Å²) in [5.41, 5.74) is 1.73. The summed E-state index contributed by atoms with van der Waals surface area (Å²) >= 11 is 0. The number of imidazole rings is 1. The maximum absolute atomic E-state index is 14.7. The minimum Gasteiger partial charge on any atom is -0.358 e. The molecule has 10 heteroatoms. The van der Waals surface area contributed by atoms with E-state index in [0.717, 1.165) is 5.69 Å². The van der Waals surface area contributed by atoms with Crippen LogP contribution in [0.3, 0.4) is 0 Å². The molecule has 0 radical (unpaired) electrons. The first-order chi connectivity index (χ1) is 16.1. The van der Waals surface area contributed by atoms with Crippen molar-refractivity contribution in [3.8, 4) is 0 Å². The highest BCUT2D eigenvalue weighted by atomic mass is 19.1. The monoisotopic (exact) mass is 444 g/mol. The second-order valence-electron chi connectivity index (χ2n) is 7.51. The van der Waals surface area contributed by atoms with Crippen LogP contribution in [0.2, 0.25) is 0 Å². The molecule has 0 aliphatic carbocycles. The van der Waals surface area contributed by atoms with Gasteiger partial charge in [-0.3, -0.25) is 9.80 Å². The molecule has 1 unspecified atom stereocenters. The van der Waals surface area contributed by atoms with Crippen molar-refractivity contribution < 1.29 is 4.39 Å². The molecule has 0 saturated carbocycles. The van der Waals surface area contributed by atoms with Gasteiger partial charge in [-0.2, -0.15) is 0 Å². The normalized spacial score (nSPS) is 12.2. The highest BCUT2D eigenvalue weighted by molar-refractivity contribution is 5.82. The average molecular weight is 444 g/mol. The molecule has 166 valence electrons. The number of aromatic nitrogens is 6. The van der Waals surface area contributed by atoms with Gasteiger partial charge in [0.15, 0.2) is 17.3 Å². The van der Waals surface area contributed by atoms with Crippen LogP contribution in [-0.2, 0) is 0 Å². The van der Waals surface area contributed by atoms with Gasteiger partial charge in [0, 0.05) is 7.05 Å². The fraction of sp³-hybridized carbons (Fsp3) is 0.174. The second kappa shape index (κ2) is 8.30. The van der Waals surface area contributed by atoms with E-state index in [1.54, 1.807) is 30.5 Å². The number of hydrogen-bond donors (Lipinski definition) is 2. The van der Waals surface area contributed by atoms with Crippen molar-refractivity contribution in [1.29, 1.82) is 0 Å². The molecule has 0 spiro atoms. The number of nitrogens with one attached hydrogen (secondary N) is 2. The van der Waals surface area contributed by atoms with Crippen molar-refractivity contribution in [2.24, 2.45) is 0 Å². The van der Waals surface area contributed by atoms with Crippen molar-refractivity contribution in [2.75, 3.05) is 17.4 Å². The number of para-hydroxylation sites is 1. The Bertz CT molecular complexity index is 1500. The van der Waals surface area contributed by atoms with Crippen LogP contribution in [0.1, 0.15) is 25.2 Å². The molecule has 0 bridgehead atoms. The van der Waals surface area contributed by atoms with Crippen LogP contribution < -0.4 is 15.9 Å². The lowest BCUT2D eigenvalue weighted by Gasteiger charge is -2.28. The molecule has 9 nitrogen and oxygen atoms in total. The Labute approximate surface area is 187 Å². The highest BCUT2D eigenvalue weighted by Gasteiger charge is 2.24. The number of aromatic amines is 1. The van der Waals surface area contributed by atoms with Gasteiger partial charge in [-0.25, -0.2) is 29.0 Å². The van der Waals surface area contributed by atoms with E-state index >= 15 is 0 Å². The number of halogens is 1. The summed E-state index contributed by atoms with van der Waals surface area (Å²) in [4.78, 5) is 34.0. The number of nitrogens with zero attached hydrogens (tertiary/aromatic N) is 6. The largest absolute Gasteiger partial charge is 0.358 e. The van der Waals surface area contributed by atoms with Crippen molar-refractivity contribution in [2.45, 2.75) is 19.4 Å². The van der Waals surface area contributed by atoms with Crippen molar-refractivity contribution in [3.63, 3.8) is 0 Å². The van der Waals surface area contributed by atoms with E-state index in [1.165, 1.54) is 17.1 Å². The molecule has 3 aromatic heterocycles. The molecule has 2 N–H and O–H groups in total. The van der Waals surface area contributed by atoms with E-state index in [4.69, 9.17) is 4.98 Å². The van der Waals surface area contributed by atoms with Crippen molar-refractivity contribution >= 4 is 33.6 Å². The molecule has 0 saturated heterocycles. The van der Waals surface area contributed by atoms with Crippen molar-refractivity contribution in [1.82, 2.24) is 29.6 Å². The Morgan fingerprint density at radius 3 is 2.73 bits per heavy atom. The molecule has 0 aliphatic heterocycles. The van der Waals surface area contributed by atoms with Crippen molar-refractivity contribution in [3.05, 3.63) is 83.2 Å². The van der Waals surface area contributed by atoms with E-state index in [-0.39, 0.29) is 5.39 Å². The van der Waals surface area contributed by atoms with Gasteiger partial charge >= 0.3 is 0 Å². The maximum atomic E-state index is 14.7. The van der Waals surface area contributed by atoms with E-state index in [2.05, 4.69) is 25.3 Å². The third kappa shape index (κ3) is 3.55. The second-order valence-corrected chi connectivity index (χ2v) is 7.51. The van der Waals surface area contributed by atoms with Crippen LogP contribution in [0.5, 0.6) is 0 Å². The minimum absolute atomic E-state index is 0.0584. The zero-order valence-corrected chi connectivity index (χ0v) is 18.0. The first-order valence-electron chi connectivity index (χ1n) is 10.5. The van der Waals surface area contributed by atoms with Gasteiger partial charge in [0.1, 0.15) is 23.0 Å². The lowest BCUT2D eigenvalue weighted by atomic mass is 10.1. The zero-order valence-electron chi connectivity index (χ0n) is 18.0. The molecule has 0 fully saturated rings. The van der Waals surface area contributed by atoms with Gasteiger partial charge in [0.05, 0.1) is 23.6 Å². The molecule has 3 heterocycles. The lowest BCUT2D eigenvalue weighted by Crippen LogP contribution is -2.40. The van der Waals surface area contributed by atoms with Gasteiger partial charge in [0.2, 0.25) is 0 Å². The fourth-order valence-corrected chi connectivity index (χ4v) is 3.86. The van der Waals surface area contributed by atoms with Crippen LogP contribution >= 0.6 is 0 Å². The third-order valence-electron chi connectivity index (χ3n) is 5.53. The quantitative estimate of drug-likeness (QED) is 0.412. The summed E-state index contributed by atoms with van der Waals surface area (Å²) < 4.78 is 16.1. The fourth-order valence-electron chi connectivity index (χ4n) is 3.86. The summed E-state index contributed by atoms with van der Waals surface area (Å²) in [6.07, 6.45) is 3.54. The van der Waals surface area contributed by atoms with Crippen LogP contribution in [0, 0.1) is 5.82 Å². The molecule has 5 rings (SSSR count). The van der Waals surface area contributed by atoms with Crippen LogP contribution in [-0.4, -0.2) is 36.6 Å². The van der Waals surface area contributed by atoms with E-state index < -0.39 is 17.4 Å². The smallest absolute Gasteiger partial charge is 0.283 e. The summed E-state index contributed by atoms with van der Waals surface area (Å²) in [5, 5.41) is 4.98. The molecule has 5 aromatic rings. The zero-order chi connectivity index (χ0) is 22.9. The Morgan fingerprint density at radius 1 is 1.12 bits per heavy atom. The third-order valence-corrected chi connectivity index (χ3v) is 5.53. The minimum atomic E-state index is -0.609. The van der Waals surface area contributed by atoms with Gasteiger partial charge < -0.3 is 10.3 Å². The number of hydrogen-bond acceptors (Lipinski definition) is 7. The molecule has 33 heavy (non-hydrogen) atoms. The molecule has 2 aromatic carbocycles. The van der Waals surface area contributed by atoms with E-state index in [9.17, 15) is 9.18 Å². The van der Waals surface area contributed by atoms with Gasteiger partial charge in [-0.15, -0.1) is 0 Å². The maximum Gasteiger partial charge on any atom is 0.283 e. The summed E-state index contributed by atoms with van der Waals surface area (Å²) in [7, 11) is 1.75. The molecular weight excluding hydrogens is 423 g/mol. The first-order valence-corrected chi connectivity index (χ1v) is 10.5. The lowest BCUT2D eigenvalue weighted by molar-refractivity contribution is 0.588. The highest BCUT2D eigenvalue weighted by Crippen LogP contribution is 2.26. The number of fused-ring (bicyclic) bond motifs is 2. The topological polar surface area (TPSA) is 105 Å². The average Bonchev–Trinajstić information content (AvgIpc) is 3.32. The first kappa shape index (κ1) is 20.6. The SMILES string of the molecule is CCC(Nc1ncnc2nc[nH]c12)c1nc2cccc(F)c2c(=O)n1N(C)c1ccccc1. The summed E-state index contributed by atoms with van der Waals surface area (Å²) in [5.74, 6) is 0.354. The number of anilines is 2. The van der Waals surface area contributed by atoms with E-state index in [1.807, 2.05) is 37.3 Å². The standard InChI is InChI=1S/C23H21FN8O/c1-3-16(29-21-19-20(26-12-25-19)27-13-28-21)22-30-17-11-7-10-15(24)18(17)23(33)32(22)31(2)14-8-5-4-6-9-14/h4-13,16H,3H2,1-2H3,(H2,25,26,27,28,29). The summed E-state index contributed by atoms with van der Waals surface area (Å²) in [6.45, 7) is 1.97. The predicted molar refractivity (Wildman–Crippen MR) is 125 cm³/mol. The number of H-pyrrole nitrogens is 1. The molecule has 1 atom stereocenters. The van der Waals surface area contributed by atoms with Gasteiger partial charge in [-0.1, -0.05) is 31.2 Å². The van der Waals surface area contributed by atoms with Crippen LogP contribution in [0.25, 0.3) is 22.1 Å². The van der Waals surface area contributed by atoms with Gasteiger partial charge in [-0.05, 0) is 30.7 Å².